The van der Waals surface area contributed by atoms with Crippen molar-refractivity contribution < 1.29 is 4.79 Å². The van der Waals surface area contributed by atoms with E-state index in [0.29, 0.717) is 18.0 Å². The maximum absolute atomic E-state index is 11.8. The smallest absolute Gasteiger partial charge is 0.315 e. The monoisotopic (exact) mass is 224 g/mol. The lowest BCUT2D eigenvalue weighted by atomic mass is 9.98. The van der Waals surface area contributed by atoms with Gasteiger partial charge in [-0.15, -0.1) is 0 Å². The molecule has 0 bridgehead atoms. The Morgan fingerprint density at radius 2 is 1.69 bits per heavy atom. The van der Waals surface area contributed by atoms with Crippen LogP contribution in [0.4, 0.5) is 4.79 Å². The molecule has 3 unspecified atom stereocenters. The third-order valence-electron chi connectivity index (χ3n) is 4.47. The van der Waals surface area contributed by atoms with Crippen molar-refractivity contribution in [3.05, 3.63) is 0 Å². The predicted molar refractivity (Wildman–Crippen MR) is 65.3 cm³/mol. The second-order valence-electron chi connectivity index (χ2n) is 5.62. The SMILES string of the molecule is CC1CCC(NC(=O)NC2CCCC2)C1C. The van der Waals surface area contributed by atoms with Crippen LogP contribution >= 0.6 is 0 Å². The van der Waals surface area contributed by atoms with Crippen molar-refractivity contribution in [3.63, 3.8) is 0 Å². The van der Waals surface area contributed by atoms with E-state index in [4.69, 9.17) is 0 Å². The lowest BCUT2D eigenvalue weighted by Gasteiger charge is -2.21. The van der Waals surface area contributed by atoms with E-state index >= 15 is 0 Å². The maximum Gasteiger partial charge on any atom is 0.315 e. The van der Waals surface area contributed by atoms with Gasteiger partial charge in [-0.2, -0.15) is 0 Å². The van der Waals surface area contributed by atoms with Gasteiger partial charge in [0.25, 0.3) is 0 Å². The van der Waals surface area contributed by atoms with Gasteiger partial charge >= 0.3 is 6.03 Å². The molecule has 2 fully saturated rings. The topological polar surface area (TPSA) is 41.1 Å². The van der Waals surface area contributed by atoms with Crippen LogP contribution in [0.5, 0.6) is 0 Å². The van der Waals surface area contributed by atoms with Gasteiger partial charge < -0.3 is 10.6 Å². The van der Waals surface area contributed by atoms with E-state index in [0.717, 1.165) is 25.2 Å². The van der Waals surface area contributed by atoms with Gasteiger partial charge in [-0.05, 0) is 37.5 Å². The van der Waals surface area contributed by atoms with E-state index in [1.54, 1.807) is 0 Å². The standard InChI is InChI=1S/C13H24N2O/c1-9-7-8-12(10(9)2)15-13(16)14-11-5-3-4-6-11/h9-12H,3-8H2,1-2H3,(H2,14,15,16). The van der Waals surface area contributed by atoms with Crippen molar-refractivity contribution in [1.29, 1.82) is 0 Å². The Morgan fingerprint density at radius 1 is 1.00 bits per heavy atom. The summed E-state index contributed by atoms with van der Waals surface area (Å²) in [4.78, 5) is 11.8. The molecule has 3 atom stereocenters. The lowest BCUT2D eigenvalue weighted by molar-refractivity contribution is 0.229. The molecule has 2 saturated carbocycles. The molecular weight excluding hydrogens is 200 g/mol. The number of hydrogen-bond acceptors (Lipinski definition) is 1. The predicted octanol–water partition coefficient (Wildman–Crippen LogP) is 2.66. The Balaban J connectivity index is 1.74. The molecule has 0 spiro atoms. The molecule has 0 heterocycles. The molecule has 3 nitrogen and oxygen atoms in total. The van der Waals surface area contributed by atoms with Crippen LogP contribution < -0.4 is 10.6 Å². The first-order valence-corrected chi connectivity index (χ1v) is 6.74. The quantitative estimate of drug-likeness (QED) is 0.744. The molecule has 2 N–H and O–H groups in total. The summed E-state index contributed by atoms with van der Waals surface area (Å²) in [5, 5.41) is 6.23. The highest BCUT2D eigenvalue weighted by Gasteiger charge is 2.31. The van der Waals surface area contributed by atoms with Gasteiger partial charge in [0.2, 0.25) is 0 Å². The minimum atomic E-state index is 0.0536. The van der Waals surface area contributed by atoms with E-state index in [1.807, 2.05) is 0 Å². The molecule has 0 aromatic heterocycles. The van der Waals surface area contributed by atoms with Gasteiger partial charge in [0, 0.05) is 12.1 Å². The largest absolute Gasteiger partial charge is 0.335 e. The molecule has 0 saturated heterocycles. The number of amides is 2. The number of hydrogen-bond donors (Lipinski definition) is 2. The number of nitrogens with one attached hydrogen (secondary N) is 2. The van der Waals surface area contributed by atoms with Crippen molar-refractivity contribution in [3.8, 4) is 0 Å². The van der Waals surface area contributed by atoms with Crippen LogP contribution in [-0.4, -0.2) is 18.1 Å². The Bertz CT molecular complexity index is 248. The summed E-state index contributed by atoms with van der Waals surface area (Å²) >= 11 is 0. The number of urea groups is 1. The zero-order valence-corrected chi connectivity index (χ0v) is 10.5. The molecule has 2 aliphatic rings. The zero-order valence-electron chi connectivity index (χ0n) is 10.5. The highest BCUT2D eigenvalue weighted by atomic mass is 16.2. The van der Waals surface area contributed by atoms with Crippen molar-refractivity contribution in [2.45, 2.75) is 64.5 Å². The summed E-state index contributed by atoms with van der Waals surface area (Å²) in [7, 11) is 0. The summed E-state index contributed by atoms with van der Waals surface area (Å²) < 4.78 is 0. The molecule has 2 amide bonds. The van der Waals surface area contributed by atoms with Gasteiger partial charge in [0.05, 0.1) is 0 Å². The van der Waals surface area contributed by atoms with Gasteiger partial charge in [0.15, 0.2) is 0 Å². The number of carbonyl (C=O) groups is 1. The summed E-state index contributed by atoms with van der Waals surface area (Å²) in [5.41, 5.74) is 0. The second-order valence-corrected chi connectivity index (χ2v) is 5.62. The third kappa shape index (κ3) is 2.69. The van der Waals surface area contributed by atoms with E-state index in [1.165, 1.54) is 19.3 Å². The Morgan fingerprint density at radius 3 is 2.25 bits per heavy atom. The van der Waals surface area contributed by atoms with Crippen LogP contribution in [0.3, 0.4) is 0 Å². The molecule has 0 aromatic carbocycles. The van der Waals surface area contributed by atoms with Crippen LogP contribution in [0.25, 0.3) is 0 Å². The average molecular weight is 224 g/mol. The normalized spacial score (nSPS) is 35.2. The first-order valence-electron chi connectivity index (χ1n) is 6.74. The van der Waals surface area contributed by atoms with Crippen molar-refractivity contribution >= 4 is 6.03 Å². The van der Waals surface area contributed by atoms with Gasteiger partial charge in [-0.3, -0.25) is 0 Å². The molecule has 0 aliphatic heterocycles. The van der Waals surface area contributed by atoms with Gasteiger partial charge in [-0.25, -0.2) is 4.79 Å². The fraction of sp³-hybridized carbons (Fsp3) is 0.923. The molecule has 16 heavy (non-hydrogen) atoms. The fourth-order valence-electron chi connectivity index (χ4n) is 3.03. The van der Waals surface area contributed by atoms with Crippen LogP contribution in [0.2, 0.25) is 0 Å². The Labute approximate surface area is 98.4 Å². The van der Waals surface area contributed by atoms with E-state index < -0.39 is 0 Å². The van der Waals surface area contributed by atoms with Crippen LogP contribution in [0.15, 0.2) is 0 Å². The van der Waals surface area contributed by atoms with E-state index in [9.17, 15) is 4.79 Å². The highest BCUT2D eigenvalue weighted by Crippen LogP contribution is 2.31. The fourth-order valence-corrected chi connectivity index (χ4v) is 3.03. The number of carbonyl (C=O) groups excluding carboxylic acids is 1. The molecule has 92 valence electrons. The van der Waals surface area contributed by atoms with E-state index in [2.05, 4.69) is 24.5 Å². The lowest BCUT2D eigenvalue weighted by Crippen LogP contribution is -2.46. The Kier molecular flexibility index (Phi) is 3.72. The third-order valence-corrected chi connectivity index (χ3v) is 4.47. The van der Waals surface area contributed by atoms with Crippen LogP contribution in [0.1, 0.15) is 52.4 Å². The van der Waals surface area contributed by atoms with Crippen LogP contribution in [0, 0.1) is 11.8 Å². The number of rotatable bonds is 2. The van der Waals surface area contributed by atoms with Crippen molar-refractivity contribution in [2.24, 2.45) is 11.8 Å². The van der Waals surface area contributed by atoms with Crippen molar-refractivity contribution in [1.82, 2.24) is 10.6 Å². The second kappa shape index (κ2) is 5.07. The molecule has 0 radical (unpaired) electrons. The summed E-state index contributed by atoms with van der Waals surface area (Å²) in [6.45, 7) is 4.53. The van der Waals surface area contributed by atoms with Crippen LogP contribution in [-0.2, 0) is 0 Å². The molecule has 3 heteroatoms. The first kappa shape index (κ1) is 11.7. The molecular formula is C13H24N2O. The molecule has 2 aliphatic carbocycles. The summed E-state index contributed by atoms with van der Waals surface area (Å²) in [6.07, 6.45) is 7.23. The van der Waals surface area contributed by atoms with Gasteiger partial charge in [-0.1, -0.05) is 26.7 Å². The van der Waals surface area contributed by atoms with Crippen molar-refractivity contribution in [2.75, 3.05) is 0 Å². The first-order chi connectivity index (χ1) is 7.66. The minimum Gasteiger partial charge on any atom is -0.335 e. The maximum atomic E-state index is 11.8. The summed E-state index contributed by atoms with van der Waals surface area (Å²) in [6, 6.07) is 0.864. The molecule has 2 rings (SSSR count). The van der Waals surface area contributed by atoms with E-state index in [-0.39, 0.29) is 6.03 Å². The highest BCUT2D eigenvalue weighted by molar-refractivity contribution is 5.74. The summed E-state index contributed by atoms with van der Waals surface area (Å²) in [5.74, 6) is 1.37. The zero-order chi connectivity index (χ0) is 11.5. The Hall–Kier alpha value is -0.730. The molecule has 0 aromatic rings. The van der Waals surface area contributed by atoms with Gasteiger partial charge in [0.1, 0.15) is 0 Å². The average Bonchev–Trinajstić information content (AvgIpc) is 2.83. The minimum absolute atomic E-state index is 0.0536.